The third-order valence-corrected chi connectivity index (χ3v) is 5.76. The van der Waals surface area contributed by atoms with Gasteiger partial charge in [-0.1, -0.05) is 54.7 Å². The zero-order valence-corrected chi connectivity index (χ0v) is 14.1. The number of nitrogens with zero attached hydrogens (tertiary/aromatic N) is 1. The maximum atomic E-state index is 6.09. The van der Waals surface area contributed by atoms with Crippen molar-refractivity contribution in [2.24, 2.45) is 11.8 Å². The summed E-state index contributed by atoms with van der Waals surface area (Å²) >= 11 is 9.97. The lowest BCUT2D eigenvalue weighted by atomic mass is 9.66. The van der Waals surface area contributed by atoms with Gasteiger partial charge in [-0.25, -0.2) is 4.98 Å². The van der Waals surface area contributed by atoms with Crippen LogP contribution in [-0.4, -0.2) is 9.81 Å². The number of rotatable bonds is 2. The number of nitrogens with two attached hydrogens (primary N) is 1. The Hall–Kier alpha value is -0.280. The molecule has 3 atom stereocenters. The molecule has 1 fully saturated rings. The summed E-state index contributed by atoms with van der Waals surface area (Å²) in [5, 5.41) is 0.660. The summed E-state index contributed by atoms with van der Waals surface area (Å²) in [4.78, 5) is 4.74. The van der Waals surface area contributed by atoms with Crippen LogP contribution < -0.4 is 5.73 Å². The van der Waals surface area contributed by atoms with Crippen molar-refractivity contribution in [1.29, 1.82) is 0 Å². The molecule has 0 amide bonds. The van der Waals surface area contributed by atoms with Crippen molar-refractivity contribution >= 4 is 33.3 Å². The molecular formula is C15H22BrClN2. The van der Waals surface area contributed by atoms with Crippen LogP contribution in [0, 0.1) is 11.8 Å². The molecule has 0 bridgehead atoms. The van der Waals surface area contributed by atoms with Gasteiger partial charge in [-0.05, 0) is 36.2 Å². The number of anilines is 1. The van der Waals surface area contributed by atoms with Crippen molar-refractivity contribution < 1.29 is 0 Å². The molecule has 1 aromatic rings. The highest BCUT2D eigenvalue weighted by Crippen LogP contribution is 2.46. The monoisotopic (exact) mass is 344 g/mol. The van der Waals surface area contributed by atoms with Gasteiger partial charge in [0.1, 0.15) is 5.82 Å². The molecule has 1 heterocycles. The van der Waals surface area contributed by atoms with Gasteiger partial charge in [0.2, 0.25) is 0 Å². The van der Waals surface area contributed by atoms with Crippen LogP contribution >= 0.6 is 27.5 Å². The van der Waals surface area contributed by atoms with Gasteiger partial charge in [0.15, 0.2) is 0 Å². The Morgan fingerprint density at radius 1 is 1.42 bits per heavy atom. The zero-order chi connectivity index (χ0) is 14.2. The van der Waals surface area contributed by atoms with E-state index in [4.69, 9.17) is 17.3 Å². The van der Waals surface area contributed by atoms with Crippen molar-refractivity contribution in [2.75, 3.05) is 5.73 Å². The van der Waals surface area contributed by atoms with Gasteiger partial charge >= 0.3 is 0 Å². The van der Waals surface area contributed by atoms with E-state index in [0.29, 0.717) is 21.6 Å². The molecule has 0 spiro atoms. The number of alkyl halides is 1. The van der Waals surface area contributed by atoms with Crippen LogP contribution in [0.4, 0.5) is 5.82 Å². The highest BCUT2D eigenvalue weighted by atomic mass is 79.9. The van der Waals surface area contributed by atoms with Crippen molar-refractivity contribution in [2.45, 2.75) is 50.3 Å². The lowest BCUT2D eigenvalue weighted by molar-refractivity contribution is 0.214. The number of hydrogen-bond donors (Lipinski definition) is 1. The summed E-state index contributed by atoms with van der Waals surface area (Å²) < 4.78 is 0. The Balaban J connectivity index is 2.33. The Kier molecular flexibility index (Phi) is 4.46. The molecule has 0 aliphatic heterocycles. The summed E-state index contributed by atoms with van der Waals surface area (Å²) in [6.07, 6.45) is 5.34. The third kappa shape index (κ3) is 3.08. The molecule has 19 heavy (non-hydrogen) atoms. The average Bonchev–Trinajstić information content (AvgIpc) is 2.31. The maximum absolute atomic E-state index is 6.09. The molecule has 2 rings (SSSR count). The van der Waals surface area contributed by atoms with Gasteiger partial charge in [0, 0.05) is 16.6 Å². The van der Waals surface area contributed by atoms with Crippen LogP contribution in [0.3, 0.4) is 0 Å². The van der Waals surface area contributed by atoms with E-state index in [1.807, 2.05) is 6.07 Å². The van der Waals surface area contributed by atoms with Gasteiger partial charge in [0.25, 0.3) is 0 Å². The van der Waals surface area contributed by atoms with E-state index in [0.717, 1.165) is 11.5 Å². The number of pyridine rings is 1. The first-order valence-electron chi connectivity index (χ1n) is 6.88. The van der Waals surface area contributed by atoms with Crippen molar-refractivity contribution in [1.82, 2.24) is 4.98 Å². The minimum atomic E-state index is -0.0176. The van der Waals surface area contributed by atoms with Crippen LogP contribution in [0.15, 0.2) is 12.3 Å². The van der Waals surface area contributed by atoms with E-state index in [1.54, 1.807) is 6.20 Å². The average molecular weight is 346 g/mol. The smallest absolute Gasteiger partial charge is 0.127 e. The van der Waals surface area contributed by atoms with Crippen LogP contribution in [0.1, 0.15) is 45.6 Å². The standard InChI is InChI=1S/C15H22BrClN2/c1-9-4-5-11(13(16)6-9)15(2,3)12-7-10(17)8-19-14(12)18/h7-9,11,13H,4-6H2,1-3H3,(H2,18,19). The summed E-state index contributed by atoms with van der Waals surface area (Å²) in [5.74, 6) is 1.96. The first-order chi connectivity index (χ1) is 8.82. The second-order valence-corrected chi connectivity index (χ2v) is 7.96. The molecule has 1 saturated carbocycles. The van der Waals surface area contributed by atoms with Crippen LogP contribution in [0.2, 0.25) is 5.02 Å². The molecule has 3 unspecified atom stereocenters. The number of nitrogen functional groups attached to an aromatic ring is 1. The van der Waals surface area contributed by atoms with E-state index in [2.05, 4.69) is 41.7 Å². The molecule has 2 N–H and O–H groups in total. The van der Waals surface area contributed by atoms with Crippen LogP contribution in [0.5, 0.6) is 0 Å². The van der Waals surface area contributed by atoms with Gasteiger partial charge in [-0.15, -0.1) is 0 Å². The van der Waals surface area contributed by atoms with E-state index in [1.165, 1.54) is 19.3 Å². The Morgan fingerprint density at radius 2 is 2.11 bits per heavy atom. The molecule has 2 nitrogen and oxygen atoms in total. The van der Waals surface area contributed by atoms with Crippen molar-refractivity contribution in [3.05, 3.63) is 22.8 Å². The lowest BCUT2D eigenvalue weighted by Gasteiger charge is -2.42. The molecule has 1 aliphatic carbocycles. The van der Waals surface area contributed by atoms with Gasteiger partial charge in [0.05, 0.1) is 5.02 Å². The van der Waals surface area contributed by atoms with Gasteiger partial charge < -0.3 is 5.73 Å². The SMILES string of the molecule is CC1CCC(C(C)(C)c2cc(Cl)cnc2N)C(Br)C1. The van der Waals surface area contributed by atoms with E-state index < -0.39 is 0 Å². The summed E-state index contributed by atoms with van der Waals surface area (Å²) in [6.45, 7) is 6.84. The molecule has 0 aromatic carbocycles. The topological polar surface area (TPSA) is 38.9 Å². The minimum absolute atomic E-state index is 0.0176. The highest BCUT2D eigenvalue weighted by molar-refractivity contribution is 9.09. The molecule has 4 heteroatoms. The third-order valence-electron chi connectivity index (χ3n) is 4.54. The maximum Gasteiger partial charge on any atom is 0.127 e. The zero-order valence-electron chi connectivity index (χ0n) is 11.8. The number of aromatic nitrogens is 1. The predicted octanol–water partition coefficient (Wildman–Crippen LogP) is 4.79. The molecule has 1 aliphatic rings. The van der Waals surface area contributed by atoms with E-state index in [9.17, 15) is 0 Å². The fourth-order valence-electron chi connectivity index (χ4n) is 3.29. The summed E-state index contributed by atoms with van der Waals surface area (Å²) in [5.41, 5.74) is 7.13. The minimum Gasteiger partial charge on any atom is -0.383 e. The molecular weight excluding hydrogens is 324 g/mol. The van der Waals surface area contributed by atoms with E-state index in [-0.39, 0.29) is 5.41 Å². The second kappa shape index (κ2) is 5.61. The second-order valence-electron chi connectivity index (χ2n) is 6.35. The first-order valence-corrected chi connectivity index (χ1v) is 8.17. The molecule has 0 saturated heterocycles. The Morgan fingerprint density at radius 3 is 2.74 bits per heavy atom. The van der Waals surface area contributed by atoms with Crippen molar-refractivity contribution in [3.63, 3.8) is 0 Å². The summed E-state index contributed by atoms with van der Waals surface area (Å²) in [6, 6.07) is 1.97. The Bertz CT molecular complexity index is 461. The summed E-state index contributed by atoms with van der Waals surface area (Å²) in [7, 11) is 0. The first kappa shape index (κ1) is 15.1. The molecule has 0 radical (unpaired) electrons. The van der Waals surface area contributed by atoms with Crippen molar-refractivity contribution in [3.8, 4) is 0 Å². The fourth-order valence-corrected chi connectivity index (χ4v) is 5.01. The number of halogens is 2. The predicted molar refractivity (Wildman–Crippen MR) is 85.9 cm³/mol. The normalized spacial score (nSPS) is 28.4. The molecule has 1 aromatic heterocycles. The van der Waals surface area contributed by atoms with Crippen LogP contribution in [0.25, 0.3) is 0 Å². The fraction of sp³-hybridized carbons (Fsp3) is 0.667. The van der Waals surface area contributed by atoms with E-state index >= 15 is 0 Å². The Labute approximate surface area is 129 Å². The van der Waals surface area contributed by atoms with Gasteiger partial charge in [-0.3, -0.25) is 0 Å². The quantitative estimate of drug-likeness (QED) is 0.782. The molecule has 106 valence electrons. The van der Waals surface area contributed by atoms with Crippen LogP contribution in [-0.2, 0) is 5.41 Å². The largest absolute Gasteiger partial charge is 0.383 e. The number of hydrogen-bond acceptors (Lipinski definition) is 2. The highest BCUT2D eigenvalue weighted by Gasteiger charge is 2.40. The van der Waals surface area contributed by atoms with Gasteiger partial charge in [-0.2, -0.15) is 0 Å². The lowest BCUT2D eigenvalue weighted by Crippen LogP contribution is -2.39.